The van der Waals surface area contributed by atoms with Crippen LogP contribution in [0.25, 0.3) is 0 Å². The van der Waals surface area contributed by atoms with Gasteiger partial charge in [-0.3, -0.25) is 4.68 Å². The first-order valence-corrected chi connectivity index (χ1v) is 6.46. The summed E-state index contributed by atoms with van der Waals surface area (Å²) in [6, 6.07) is 0. The summed E-state index contributed by atoms with van der Waals surface area (Å²) in [5, 5.41) is 7.83. The van der Waals surface area contributed by atoms with Crippen LogP contribution in [-0.2, 0) is 13.0 Å². The summed E-state index contributed by atoms with van der Waals surface area (Å²) >= 11 is 0. The Morgan fingerprint density at radius 3 is 2.88 bits per heavy atom. The molecule has 1 aromatic rings. The van der Waals surface area contributed by atoms with Crippen LogP contribution in [0.2, 0.25) is 0 Å². The molecule has 2 heterocycles. The average Bonchev–Trinajstić information content (AvgIpc) is 2.66. The third kappa shape index (κ3) is 3.34. The zero-order valence-electron chi connectivity index (χ0n) is 10.4. The van der Waals surface area contributed by atoms with Crippen molar-refractivity contribution in [1.82, 2.24) is 15.1 Å². The lowest BCUT2D eigenvalue weighted by molar-refractivity contribution is 0.372. The molecule has 0 unspecified atom stereocenters. The number of aromatic nitrogens is 2. The van der Waals surface area contributed by atoms with Gasteiger partial charge >= 0.3 is 0 Å². The van der Waals surface area contributed by atoms with Crippen molar-refractivity contribution in [2.75, 3.05) is 13.1 Å². The molecule has 1 saturated heterocycles. The van der Waals surface area contributed by atoms with Crippen molar-refractivity contribution < 1.29 is 0 Å². The summed E-state index contributed by atoms with van der Waals surface area (Å²) in [5.74, 6) is 1.53. The molecular formula is C13H23N3. The highest BCUT2D eigenvalue weighted by atomic mass is 15.3. The number of nitrogens with one attached hydrogen (secondary N) is 1. The van der Waals surface area contributed by atoms with Crippen molar-refractivity contribution in [3.63, 3.8) is 0 Å². The van der Waals surface area contributed by atoms with Crippen molar-refractivity contribution in [2.45, 2.75) is 39.7 Å². The molecule has 90 valence electrons. The van der Waals surface area contributed by atoms with Crippen LogP contribution in [0.3, 0.4) is 0 Å². The van der Waals surface area contributed by atoms with Gasteiger partial charge < -0.3 is 5.32 Å². The molecule has 0 atom stereocenters. The molecule has 1 N–H and O–H groups in total. The Morgan fingerprint density at radius 2 is 2.19 bits per heavy atom. The Morgan fingerprint density at radius 1 is 1.44 bits per heavy atom. The minimum absolute atomic E-state index is 0.673. The summed E-state index contributed by atoms with van der Waals surface area (Å²) in [7, 11) is 0. The average molecular weight is 221 g/mol. The van der Waals surface area contributed by atoms with Crippen LogP contribution in [0.5, 0.6) is 0 Å². The van der Waals surface area contributed by atoms with E-state index in [0.717, 1.165) is 12.5 Å². The van der Waals surface area contributed by atoms with Gasteiger partial charge in [0.05, 0.1) is 6.20 Å². The van der Waals surface area contributed by atoms with Crippen molar-refractivity contribution in [1.29, 1.82) is 0 Å². The minimum atomic E-state index is 0.673. The lowest BCUT2D eigenvalue weighted by Crippen LogP contribution is -2.28. The van der Waals surface area contributed by atoms with E-state index in [1.807, 2.05) is 6.20 Å². The highest BCUT2D eigenvalue weighted by molar-refractivity contribution is 5.05. The molecule has 0 amide bonds. The maximum absolute atomic E-state index is 4.42. The van der Waals surface area contributed by atoms with Crippen LogP contribution >= 0.6 is 0 Å². The molecule has 1 aliphatic heterocycles. The summed E-state index contributed by atoms with van der Waals surface area (Å²) in [5.41, 5.74) is 1.41. The lowest BCUT2D eigenvalue weighted by atomic mass is 9.92. The Bertz CT molecular complexity index is 311. The minimum Gasteiger partial charge on any atom is -0.317 e. The van der Waals surface area contributed by atoms with Crippen molar-refractivity contribution in [2.24, 2.45) is 11.8 Å². The number of rotatable bonds is 4. The van der Waals surface area contributed by atoms with Gasteiger partial charge in [-0.2, -0.15) is 5.10 Å². The molecule has 0 radical (unpaired) electrons. The second-order valence-electron chi connectivity index (χ2n) is 5.36. The standard InChI is InChI=1S/C13H23N3/c1-11(2)9-16-10-13(8-15-16)7-12-3-5-14-6-4-12/h8,10-12,14H,3-7,9H2,1-2H3. The number of piperidine rings is 1. The number of nitrogens with zero attached hydrogens (tertiary/aromatic N) is 2. The van der Waals surface area contributed by atoms with E-state index < -0.39 is 0 Å². The largest absolute Gasteiger partial charge is 0.317 e. The summed E-state index contributed by atoms with van der Waals surface area (Å²) < 4.78 is 2.08. The normalized spacial score (nSPS) is 18.2. The third-order valence-corrected chi connectivity index (χ3v) is 3.22. The Hall–Kier alpha value is -0.830. The van der Waals surface area contributed by atoms with Crippen LogP contribution in [0.15, 0.2) is 12.4 Å². The van der Waals surface area contributed by atoms with Gasteiger partial charge in [0.2, 0.25) is 0 Å². The molecule has 1 fully saturated rings. The fourth-order valence-electron chi connectivity index (χ4n) is 2.40. The first-order valence-electron chi connectivity index (χ1n) is 6.46. The number of hydrogen-bond donors (Lipinski definition) is 1. The maximum atomic E-state index is 4.42. The summed E-state index contributed by atoms with van der Waals surface area (Å²) in [6.45, 7) is 7.87. The molecule has 0 aliphatic carbocycles. The monoisotopic (exact) mass is 221 g/mol. The topological polar surface area (TPSA) is 29.9 Å². The van der Waals surface area contributed by atoms with Crippen LogP contribution < -0.4 is 5.32 Å². The first-order chi connectivity index (χ1) is 7.74. The van der Waals surface area contributed by atoms with Gasteiger partial charge in [-0.1, -0.05) is 13.8 Å². The highest BCUT2D eigenvalue weighted by Crippen LogP contribution is 2.17. The molecule has 3 nitrogen and oxygen atoms in total. The van der Waals surface area contributed by atoms with E-state index in [4.69, 9.17) is 0 Å². The molecule has 0 bridgehead atoms. The van der Waals surface area contributed by atoms with Crippen molar-refractivity contribution in [3.8, 4) is 0 Å². The van der Waals surface area contributed by atoms with E-state index in [9.17, 15) is 0 Å². The molecule has 0 spiro atoms. The predicted molar refractivity (Wildman–Crippen MR) is 66.4 cm³/mol. The van der Waals surface area contributed by atoms with Crippen LogP contribution in [0, 0.1) is 11.8 Å². The third-order valence-electron chi connectivity index (χ3n) is 3.22. The Balaban J connectivity index is 1.86. The van der Waals surface area contributed by atoms with Crippen LogP contribution in [-0.4, -0.2) is 22.9 Å². The molecule has 0 aromatic carbocycles. The molecule has 3 heteroatoms. The fraction of sp³-hybridized carbons (Fsp3) is 0.769. The maximum Gasteiger partial charge on any atom is 0.0521 e. The first kappa shape index (κ1) is 11.6. The van der Waals surface area contributed by atoms with Crippen LogP contribution in [0.1, 0.15) is 32.3 Å². The Labute approximate surface area is 98.2 Å². The molecule has 2 rings (SSSR count). The van der Waals surface area contributed by atoms with Crippen molar-refractivity contribution in [3.05, 3.63) is 18.0 Å². The van der Waals surface area contributed by atoms with E-state index in [-0.39, 0.29) is 0 Å². The fourth-order valence-corrected chi connectivity index (χ4v) is 2.40. The van der Waals surface area contributed by atoms with E-state index in [0.29, 0.717) is 5.92 Å². The quantitative estimate of drug-likeness (QED) is 0.843. The van der Waals surface area contributed by atoms with Gasteiger partial charge in [0, 0.05) is 12.7 Å². The van der Waals surface area contributed by atoms with E-state index in [1.165, 1.54) is 37.9 Å². The van der Waals surface area contributed by atoms with E-state index in [2.05, 4.69) is 35.1 Å². The lowest BCUT2D eigenvalue weighted by Gasteiger charge is -2.21. The van der Waals surface area contributed by atoms with E-state index in [1.54, 1.807) is 0 Å². The molecule has 0 saturated carbocycles. The zero-order chi connectivity index (χ0) is 11.4. The van der Waals surface area contributed by atoms with Gasteiger partial charge in [-0.05, 0) is 49.8 Å². The van der Waals surface area contributed by atoms with Gasteiger partial charge in [0.25, 0.3) is 0 Å². The second-order valence-corrected chi connectivity index (χ2v) is 5.36. The molecule has 16 heavy (non-hydrogen) atoms. The van der Waals surface area contributed by atoms with Crippen LogP contribution in [0.4, 0.5) is 0 Å². The predicted octanol–water partition coefficient (Wildman–Crippen LogP) is 2.08. The number of hydrogen-bond acceptors (Lipinski definition) is 2. The molecule has 1 aromatic heterocycles. The highest BCUT2D eigenvalue weighted by Gasteiger charge is 2.14. The van der Waals surface area contributed by atoms with Gasteiger partial charge in [0.1, 0.15) is 0 Å². The molecule has 1 aliphatic rings. The molecular weight excluding hydrogens is 198 g/mol. The summed E-state index contributed by atoms with van der Waals surface area (Å²) in [6.07, 6.45) is 8.11. The Kier molecular flexibility index (Phi) is 3.99. The van der Waals surface area contributed by atoms with E-state index >= 15 is 0 Å². The van der Waals surface area contributed by atoms with Gasteiger partial charge in [-0.25, -0.2) is 0 Å². The SMILES string of the molecule is CC(C)Cn1cc(CC2CCNCC2)cn1. The zero-order valence-corrected chi connectivity index (χ0v) is 10.4. The van der Waals surface area contributed by atoms with Gasteiger partial charge in [0.15, 0.2) is 0 Å². The van der Waals surface area contributed by atoms with Gasteiger partial charge in [-0.15, -0.1) is 0 Å². The summed E-state index contributed by atoms with van der Waals surface area (Å²) in [4.78, 5) is 0. The smallest absolute Gasteiger partial charge is 0.0521 e. The second kappa shape index (κ2) is 5.48. The van der Waals surface area contributed by atoms with Crippen molar-refractivity contribution >= 4 is 0 Å².